The third-order valence-electron chi connectivity index (χ3n) is 2.41. The lowest BCUT2D eigenvalue weighted by Crippen LogP contribution is -2.26. The average Bonchev–Trinajstić information content (AvgIpc) is 2.81. The lowest BCUT2D eigenvalue weighted by molar-refractivity contribution is 0.0953. The molecule has 94 valence electrons. The predicted octanol–water partition coefficient (Wildman–Crippen LogP) is 2.11. The van der Waals surface area contributed by atoms with Gasteiger partial charge in [-0.05, 0) is 40.5 Å². The molecule has 0 fully saturated rings. The van der Waals surface area contributed by atoms with Crippen LogP contribution in [-0.4, -0.2) is 22.6 Å². The highest BCUT2D eigenvalue weighted by Crippen LogP contribution is 2.18. The molecule has 2 aromatic rings. The fraction of sp³-hybridized carbons (Fsp3) is 0.250. The van der Waals surface area contributed by atoms with Crippen molar-refractivity contribution >= 4 is 21.8 Å². The number of rotatable bonds is 4. The lowest BCUT2D eigenvalue weighted by atomic mass is 10.1. The summed E-state index contributed by atoms with van der Waals surface area (Å²) < 4.78 is 5.40. The third kappa shape index (κ3) is 3.16. The van der Waals surface area contributed by atoms with E-state index >= 15 is 0 Å². The Balaban J connectivity index is 1.91. The first kappa shape index (κ1) is 12.8. The molecule has 5 nitrogen and oxygen atoms in total. The van der Waals surface area contributed by atoms with Crippen molar-refractivity contribution in [1.82, 2.24) is 15.5 Å². The number of aryl methyl sites for hydroxylation is 1. The van der Waals surface area contributed by atoms with Gasteiger partial charge in [0.2, 0.25) is 6.39 Å². The molecule has 0 atom stereocenters. The van der Waals surface area contributed by atoms with E-state index in [-0.39, 0.29) is 5.91 Å². The van der Waals surface area contributed by atoms with Crippen LogP contribution in [0.1, 0.15) is 21.7 Å². The minimum atomic E-state index is -0.120. The number of nitrogens with zero attached hydrogens (tertiary/aromatic N) is 2. The minimum absolute atomic E-state index is 0.120. The van der Waals surface area contributed by atoms with E-state index in [0.717, 1.165) is 10.0 Å². The molecular weight excluding hydrogens is 298 g/mol. The van der Waals surface area contributed by atoms with E-state index in [2.05, 4.69) is 35.9 Å². The maximum absolute atomic E-state index is 11.9. The van der Waals surface area contributed by atoms with Crippen molar-refractivity contribution < 1.29 is 9.32 Å². The summed E-state index contributed by atoms with van der Waals surface area (Å²) in [6, 6.07) is 5.61. The Hall–Kier alpha value is -1.69. The molecular formula is C12H12BrN3O2. The van der Waals surface area contributed by atoms with Gasteiger partial charge in [0.05, 0.1) is 5.56 Å². The molecule has 2 rings (SSSR count). The number of hydrogen-bond donors (Lipinski definition) is 1. The summed E-state index contributed by atoms with van der Waals surface area (Å²) >= 11 is 3.38. The molecule has 0 aliphatic rings. The fourth-order valence-electron chi connectivity index (χ4n) is 1.49. The van der Waals surface area contributed by atoms with Crippen LogP contribution in [0.3, 0.4) is 0 Å². The van der Waals surface area contributed by atoms with Crippen molar-refractivity contribution in [2.45, 2.75) is 13.3 Å². The van der Waals surface area contributed by atoms with Crippen LogP contribution in [-0.2, 0) is 6.42 Å². The van der Waals surface area contributed by atoms with Crippen LogP contribution < -0.4 is 5.32 Å². The van der Waals surface area contributed by atoms with E-state index in [0.29, 0.717) is 24.4 Å². The first-order valence-corrected chi connectivity index (χ1v) is 6.25. The summed E-state index contributed by atoms with van der Waals surface area (Å²) in [6.45, 7) is 2.45. The van der Waals surface area contributed by atoms with Gasteiger partial charge in [0, 0.05) is 17.4 Å². The summed E-state index contributed by atoms with van der Waals surface area (Å²) in [4.78, 5) is 15.8. The molecule has 1 N–H and O–H groups in total. The van der Waals surface area contributed by atoms with E-state index in [9.17, 15) is 4.79 Å². The van der Waals surface area contributed by atoms with Crippen LogP contribution in [0.2, 0.25) is 0 Å². The molecule has 0 unspecified atom stereocenters. The monoisotopic (exact) mass is 309 g/mol. The minimum Gasteiger partial charge on any atom is -0.352 e. The summed E-state index contributed by atoms with van der Waals surface area (Å²) in [7, 11) is 0. The molecule has 1 heterocycles. The Kier molecular flexibility index (Phi) is 4.09. The smallest absolute Gasteiger partial charge is 0.252 e. The Morgan fingerprint density at radius 2 is 2.33 bits per heavy atom. The van der Waals surface area contributed by atoms with Crippen molar-refractivity contribution in [1.29, 1.82) is 0 Å². The first-order valence-electron chi connectivity index (χ1n) is 5.46. The normalized spacial score (nSPS) is 10.3. The van der Waals surface area contributed by atoms with Crippen LogP contribution in [0, 0.1) is 6.92 Å². The van der Waals surface area contributed by atoms with Gasteiger partial charge in [-0.2, -0.15) is 4.98 Å². The Morgan fingerprint density at radius 3 is 3.00 bits per heavy atom. The SMILES string of the molecule is Cc1ccc(C(=O)NCCc2ncon2)c(Br)c1. The molecule has 1 amide bonds. The van der Waals surface area contributed by atoms with Crippen LogP contribution in [0.15, 0.2) is 33.6 Å². The second-order valence-corrected chi connectivity index (χ2v) is 4.69. The highest BCUT2D eigenvalue weighted by molar-refractivity contribution is 9.10. The van der Waals surface area contributed by atoms with Crippen molar-refractivity contribution in [3.8, 4) is 0 Å². The van der Waals surface area contributed by atoms with Gasteiger partial charge in [0.1, 0.15) is 0 Å². The van der Waals surface area contributed by atoms with E-state index in [1.165, 1.54) is 6.39 Å². The van der Waals surface area contributed by atoms with Gasteiger partial charge in [0.15, 0.2) is 5.82 Å². The quantitative estimate of drug-likeness (QED) is 0.939. The average molecular weight is 310 g/mol. The predicted molar refractivity (Wildman–Crippen MR) is 69.2 cm³/mol. The third-order valence-corrected chi connectivity index (χ3v) is 3.07. The van der Waals surface area contributed by atoms with Crippen molar-refractivity contribution in [2.24, 2.45) is 0 Å². The lowest BCUT2D eigenvalue weighted by Gasteiger charge is -2.06. The molecule has 0 aliphatic heterocycles. The highest BCUT2D eigenvalue weighted by atomic mass is 79.9. The first-order chi connectivity index (χ1) is 8.66. The number of hydrogen-bond acceptors (Lipinski definition) is 4. The van der Waals surface area contributed by atoms with Crippen molar-refractivity contribution in [3.05, 3.63) is 46.0 Å². The largest absolute Gasteiger partial charge is 0.352 e. The van der Waals surface area contributed by atoms with Gasteiger partial charge in [-0.15, -0.1) is 0 Å². The number of nitrogens with one attached hydrogen (secondary N) is 1. The number of aromatic nitrogens is 2. The molecule has 0 saturated heterocycles. The van der Waals surface area contributed by atoms with Crippen LogP contribution >= 0.6 is 15.9 Å². The van der Waals surface area contributed by atoms with Crippen molar-refractivity contribution in [2.75, 3.05) is 6.54 Å². The topological polar surface area (TPSA) is 68.0 Å². The van der Waals surface area contributed by atoms with Crippen LogP contribution in [0.25, 0.3) is 0 Å². The number of halogens is 1. The summed E-state index contributed by atoms with van der Waals surface area (Å²) in [5.74, 6) is 0.462. The van der Waals surface area contributed by atoms with Gasteiger partial charge in [-0.1, -0.05) is 11.2 Å². The van der Waals surface area contributed by atoms with Crippen LogP contribution in [0.4, 0.5) is 0 Å². The van der Waals surface area contributed by atoms with E-state index < -0.39 is 0 Å². The summed E-state index contributed by atoms with van der Waals surface area (Å²) in [5.41, 5.74) is 1.72. The maximum Gasteiger partial charge on any atom is 0.252 e. The second kappa shape index (κ2) is 5.77. The van der Waals surface area contributed by atoms with E-state index in [4.69, 9.17) is 0 Å². The molecule has 0 saturated carbocycles. The summed E-state index contributed by atoms with van der Waals surface area (Å²) in [5, 5.41) is 6.48. The van der Waals surface area contributed by atoms with Gasteiger partial charge in [0.25, 0.3) is 5.91 Å². The van der Waals surface area contributed by atoms with Crippen molar-refractivity contribution in [3.63, 3.8) is 0 Å². The zero-order valence-corrected chi connectivity index (χ0v) is 11.4. The number of amides is 1. The fourth-order valence-corrected chi connectivity index (χ4v) is 2.16. The molecule has 1 aromatic heterocycles. The molecule has 0 aliphatic carbocycles. The molecule has 0 bridgehead atoms. The standard InChI is InChI=1S/C12H12BrN3O2/c1-8-2-3-9(10(13)6-8)12(17)14-5-4-11-15-7-18-16-11/h2-3,6-7H,4-5H2,1H3,(H,14,17). The highest BCUT2D eigenvalue weighted by Gasteiger charge is 2.09. The number of carbonyl (C=O) groups excluding carboxylic acids is 1. The summed E-state index contributed by atoms with van der Waals surface area (Å²) in [6.07, 6.45) is 1.82. The number of carbonyl (C=O) groups is 1. The second-order valence-electron chi connectivity index (χ2n) is 3.84. The molecule has 6 heteroatoms. The van der Waals surface area contributed by atoms with E-state index in [1.807, 2.05) is 19.1 Å². The van der Waals surface area contributed by atoms with Gasteiger partial charge in [-0.25, -0.2) is 0 Å². The Morgan fingerprint density at radius 1 is 1.50 bits per heavy atom. The zero-order valence-electron chi connectivity index (χ0n) is 9.81. The zero-order chi connectivity index (χ0) is 13.0. The molecule has 18 heavy (non-hydrogen) atoms. The molecule has 1 aromatic carbocycles. The maximum atomic E-state index is 11.9. The van der Waals surface area contributed by atoms with Crippen LogP contribution in [0.5, 0.6) is 0 Å². The van der Waals surface area contributed by atoms with E-state index in [1.54, 1.807) is 6.07 Å². The van der Waals surface area contributed by atoms with Gasteiger partial charge >= 0.3 is 0 Å². The molecule has 0 radical (unpaired) electrons. The molecule has 0 spiro atoms. The Bertz CT molecular complexity index is 540. The van der Waals surface area contributed by atoms with Gasteiger partial charge in [-0.3, -0.25) is 4.79 Å². The van der Waals surface area contributed by atoms with Gasteiger partial charge < -0.3 is 9.84 Å². The number of benzene rings is 1. The Labute approximate surface area is 113 Å².